The number of hydrogen-bond acceptors (Lipinski definition) is 7. The number of aromatic nitrogens is 4. The van der Waals surface area contributed by atoms with Gasteiger partial charge in [-0.2, -0.15) is 0 Å². The number of hydrogen-bond donors (Lipinski definition) is 0. The van der Waals surface area contributed by atoms with Crippen molar-refractivity contribution in [3.63, 3.8) is 0 Å². The van der Waals surface area contributed by atoms with E-state index in [1.54, 1.807) is 24.7 Å². The Balaban J connectivity index is 1.34. The maximum Gasteiger partial charge on any atom is 0.291 e. The maximum atomic E-state index is 13.2. The van der Waals surface area contributed by atoms with Crippen LogP contribution in [0.15, 0.2) is 52.2 Å². The van der Waals surface area contributed by atoms with E-state index in [0.717, 1.165) is 23.4 Å². The number of amides is 1. The topological polar surface area (TPSA) is 97.4 Å². The summed E-state index contributed by atoms with van der Waals surface area (Å²) in [6, 6.07) is 7.50. The van der Waals surface area contributed by atoms with Crippen molar-refractivity contribution < 1.29 is 9.32 Å². The summed E-state index contributed by atoms with van der Waals surface area (Å²) < 4.78 is 6.80. The first-order valence-corrected chi connectivity index (χ1v) is 10.4. The van der Waals surface area contributed by atoms with Crippen LogP contribution in [0, 0.1) is 5.92 Å². The number of nitrogens with zero attached hydrogens (tertiary/aromatic N) is 6. The Morgan fingerprint density at radius 1 is 1.16 bits per heavy atom. The molecule has 0 saturated carbocycles. The third kappa shape index (κ3) is 3.88. The number of fused-ring (bicyclic) bond motifs is 4. The van der Waals surface area contributed by atoms with E-state index < -0.39 is 0 Å². The summed E-state index contributed by atoms with van der Waals surface area (Å²) in [5.41, 5.74) is 2.67. The van der Waals surface area contributed by atoms with Crippen LogP contribution in [0.2, 0.25) is 0 Å². The predicted molar refractivity (Wildman–Crippen MR) is 111 cm³/mol. The zero-order valence-electron chi connectivity index (χ0n) is 17.3. The molecule has 0 spiro atoms. The van der Waals surface area contributed by atoms with Crippen LogP contribution in [0.1, 0.15) is 39.9 Å². The van der Waals surface area contributed by atoms with E-state index in [1.165, 1.54) is 0 Å². The molecule has 2 atom stereocenters. The molecular formula is C22H24N6O3. The Bertz CT molecular complexity index is 1130. The van der Waals surface area contributed by atoms with E-state index in [-0.39, 0.29) is 29.1 Å². The highest BCUT2D eigenvalue weighted by molar-refractivity contribution is 5.90. The van der Waals surface area contributed by atoms with Crippen LogP contribution in [0.4, 0.5) is 0 Å². The summed E-state index contributed by atoms with van der Waals surface area (Å²) in [4.78, 5) is 38.1. The van der Waals surface area contributed by atoms with Gasteiger partial charge in [-0.25, -0.2) is 9.97 Å². The van der Waals surface area contributed by atoms with E-state index in [0.29, 0.717) is 32.7 Å². The first-order chi connectivity index (χ1) is 15.1. The number of rotatable bonds is 5. The number of carbonyl (C=O) groups is 1. The first-order valence-electron chi connectivity index (χ1n) is 10.4. The summed E-state index contributed by atoms with van der Waals surface area (Å²) in [6.07, 6.45) is 5.71. The van der Waals surface area contributed by atoms with Gasteiger partial charge in [0.25, 0.3) is 11.5 Å². The average Bonchev–Trinajstić information content (AvgIpc) is 3.29. The molecule has 0 N–H and O–H groups in total. The highest BCUT2D eigenvalue weighted by Crippen LogP contribution is 2.35. The molecule has 1 amide bonds. The Morgan fingerprint density at radius 2 is 2.00 bits per heavy atom. The van der Waals surface area contributed by atoms with Crippen LogP contribution in [0.5, 0.6) is 0 Å². The molecule has 5 heterocycles. The van der Waals surface area contributed by atoms with Crippen LogP contribution in [0.25, 0.3) is 0 Å². The summed E-state index contributed by atoms with van der Waals surface area (Å²) in [5.74, 6) is 0.483. The lowest BCUT2D eigenvalue weighted by Gasteiger charge is -2.42. The van der Waals surface area contributed by atoms with E-state index >= 15 is 0 Å². The monoisotopic (exact) mass is 420 g/mol. The first kappa shape index (κ1) is 19.6. The minimum absolute atomic E-state index is 0.0605. The predicted octanol–water partition coefficient (Wildman–Crippen LogP) is 1.52. The van der Waals surface area contributed by atoms with Crippen molar-refractivity contribution >= 4 is 5.91 Å². The summed E-state index contributed by atoms with van der Waals surface area (Å²) >= 11 is 0. The molecular weight excluding hydrogens is 396 g/mol. The molecule has 5 rings (SSSR count). The average molecular weight is 420 g/mol. The molecule has 9 nitrogen and oxygen atoms in total. The molecule has 1 saturated heterocycles. The van der Waals surface area contributed by atoms with Crippen molar-refractivity contribution in [3.05, 3.63) is 76.1 Å². The Kier molecular flexibility index (Phi) is 5.11. The number of pyridine rings is 1. The van der Waals surface area contributed by atoms with Crippen LogP contribution in [-0.4, -0.2) is 55.5 Å². The van der Waals surface area contributed by atoms with Crippen molar-refractivity contribution in [2.45, 2.75) is 32.0 Å². The van der Waals surface area contributed by atoms with Gasteiger partial charge in [-0.1, -0.05) is 11.2 Å². The van der Waals surface area contributed by atoms with Gasteiger partial charge in [-0.15, -0.1) is 0 Å². The second-order valence-electron chi connectivity index (χ2n) is 8.44. The molecule has 2 bridgehead atoms. The summed E-state index contributed by atoms with van der Waals surface area (Å²) in [6.45, 7) is 2.98. The minimum atomic E-state index is -0.141. The molecule has 0 aromatic carbocycles. The fourth-order valence-electron chi connectivity index (χ4n) is 4.77. The zero-order chi connectivity index (χ0) is 21.4. The van der Waals surface area contributed by atoms with Gasteiger partial charge in [0, 0.05) is 68.4 Å². The van der Waals surface area contributed by atoms with Gasteiger partial charge >= 0.3 is 0 Å². The van der Waals surface area contributed by atoms with Gasteiger partial charge in [0.2, 0.25) is 5.82 Å². The summed E-state index contributed by atoms with van der Waals surface area (Å²) in [5, 5.41) is 3.93. The largest absolute Gasteiger partial charge is 0.364 e. The second kappa shape index (κ2) is 8.07. The van der Waals surface area contributed by atoms with Crippen molar-refractivity contribution in [1.82, 2.24) is 29.5 Å². The van der Waals surface area contributed by atoms with Gasteiger partial charge in [0.1, 0.15) is 6.26 Å². The lowest BCUT2D eigenvalue weighted by atomic mass is 9.83. The number of piperidine rings is 1. The zero-order valence-corrected chi connectivity index (χ0v) is 17.3. The van der Waals surface area contributed by atoms with Gasteiger partial charge in [-0.05, 0) is 31.5 Å². The number of likely N-dealkylation sites (tertiary alicyclic amines) is 1. The van der Waals surface area contributed by atoms with Crippen LogP contribution >= 0.6 is 0 Å². The molecule has 0 aliphatic carbocycles. The van der Waals surface area contributed by atoms with Gasteiger partial charge in [0.05, 0.1) is 5.69 Å². The molecule has 2 aliphatic rings. The quantitative estimate of drug-likeness (QED) is 0.617. The fourth-order valence-corrected chi connectivity index (χ4v) is 4.77. The van der Waals surface area contributed by atoms with Crippen molar-refractivity contribution in [3.8, 4) is 0 Å². The molecule has 31 heavy (non-hydrogen) atoms. The van der Waals surface area contributed by atoms with Gasteiger partial charge in [0.15, 0.2) is 0 Å². The smallest absolute Gasteiger partial charge is 0.291 e. The molecule has 160 valence electrons. The SMILES string of the molecule is CN(Cc1ccon1)Cc1ccc2n(c1=O)C[C@H]1C[C@@H]2CN(C(=O)c2ncccn2)C1. The van der Waals surface area contributed by atoms with Crippen LogP contribution in [-0.2, 0) is 19.6 Å². The fraction of sp³-hybridized carbons (Fsp3) is 0.409. The molecule has 1 fully saturated rings. The van der Waals surface area contributed by atoms with Crippen molar-refractivity contribution in [2.24, 2.45) is 5.92 Å². The molecule has 2 aliphatic heterocycles. The highest BCUT2D eigenvalue weighted by atomic mass is 16.5. The van der Waals surface area contributed by atoms with E-state index in [2.05, 4.69) is 21.2 Å². The van der Waals surface area contributed by atoms with Crippen molar-refractivity contribution in [1.29, 1.82) is 0 Å². The molecule has 3 aromatic heterocycles. The second-order valence-corrected chi connectivity index (χ2v) is 8.44. The maximum absolute atomic E-state index is 13.2. The van der Waals surface area contributed by atoms with Gasteiger partial charge in [-0.3, -0.25) is 14.5 Å². The van der Waals surface area contributed by atoms with Crippen molar-refractivity contribution in [2.75, 3.05) is 20.1 Å². The molecule has 3 aromatic rings. The van der Waals surface area contributed by atoms with Crippen LogP contribution < -0.4 is 5.56 Å². The normalized spacial score (nSPS) is 20.0. The molecule has 0 unspecified atom stereocenters. The standard InChI is InChI=1S/C22H24N6O3/c1-26(14-18-5-8-31-25-18)12-16-3-4-19-17-9-15(11-28(19)21(16)29)10-27(13-17)22(30)20-23-6-2-7-24-20/h2-8,15,17H,9-14H2,1H3/t15-,17+/m0/s1. The Morgan fingerprint density at radius 3 is 2.77 bits per heavy atom. The number of carbonyl (C=O) groups excluding carboxylic acids is 1. The highest BCUT2D eigenvalue weighted by Gasteiger charge is 2.37. The lowest BCUT2D eigenvalue weighted by molar-refractivity contribution is 0.0582. The van der Waals surface area contributed by atoms with E-state index in [9.17, 15) is 9.59 Å². The summed E-state index contributed by atoms with van der Waals surface area (Å²) in [7, 11) is 1.96. The third-order valence-electron chi connectivity index (χ3n) is 6.09. The molecule has 9 heteroatoms. The minimum Gasteiger partial charge on any atom is -0.364 e. The van der Waals surface area contributed by atoms with E-state index in [1.807, 2.05) is 33.5 Å². The third-order valence-corrected chi connectivity index (χ3v) is 6.09. The van der Waals surface area contributed by atoms with E-state index in [4.69, 9.17) is 4.52 Å². The molecule has 0 radical (unpaired) electrons. The lowest BCUT2D eigenvalue weighted by Crippen LogP contribution is -2.49. The van der Waals surface area contributed by atoms with Crippen LogP contribution in [0.3, 0.4) is 0 Å². The van der Waals surface area contributed by atoms with Gasteiger partial charge < -0.3 is 14.0 Å². The Hall–Kier alpha value is -3.33. The Labute approximate surface area is 179 Å².